The summed E-state index contributed by atoms with van der Waals surface area (Å²) in [7, 11) is 0. The molecule has 2 heterocycles. The quantitative estimate of drug-likeness (QED) is 0.880. The number of halogens is 1. The molecule has 0 aliphatic carbocycles. The van der Waals surface area contributed by atoms with E-state index < -0.39 is 0 Å². The van der Waals surface area contributed by atoms with Gasteiger partial charge in [-0.1, -0.05) is 24.3 Å². The molecule has 2 atom stereocenters. The first kappa shape index (κ1) is 17.5. The maximum Gasteiger partial charge on any atom is 0.251 e. The van der Waals surface area contributed by atoms with Crippen LogP contribution in [0.25, 0.3) is 0 Å². The Hall–Kier alpha value is -2.86. The minimum Gasteiger partial charge on any atom is -0.494 e. The van der Waals surface area contributed by atoms with Gasteiger partial charge in [-0.15, -0.1) is 0 Å². The highest BCUT2D eigenvalue weighted by atomic mass is 19.1. The average Bonchev–Trinajstić information content (AvgIpc) is 3.12. The predicted molar refractivity (Wildman–Crippen MR) is 99.8 cm³/mol. The number of nitrogens with zero attached hydrogens (tertiary/aromatic N) is 2. The number of rotatable bonds is 5. The van der Waals surface area contributed by atoms with Crippen molar-refractivity contribution in [3.05, 3.63) is 77.9 Å². The molecule has 5 nitrogen and oxygen atoms in total. The highest BCUT2D eigenvalue weighted by Gasteiger charge is 2.39. The molecule has 6 heteroatoms. The lowest BCUT2D eigenvalue weighted by molar-refractivity contribution is -0.134. The van der Waals surface area contributed by atoms with Crippen LogP contribution >= 0.6 is 0 Å². The summed E-state index contributed by atoms with van der Waals surface area (Å²) < 4.78 is 18.6. The van der Waals surface area contributed by atoms with Crippen LogP contribution in [0.2, 0.25) is 0 Å². The van der Waals surface area contributed by atoms with Crippen LogP contribution in [0.4, 0.5) is 4.39 Å². The topological polar surface area (TPSA) is 44.8 Å². The van der Waals surface area contributed by atoms with Gasteiger partial charge in [0.1, 0.15) is 17.6 Å². The van der Waals surface area contributed by atoms with Gasteiger partial charge in [-0.25, -0.2) is 9.82 Å². The van der Waals surface area contributed by atoms with Gasteiger partial charge in [-0.05, 0) is 48.7 Å². The maximum atomic E-state index is 13.1. The third kappa shape index (κ3) is 3.66. The zero-order valence-electron chi connectivity index (χ0n) is 15.1. The van der Waals surface area contributed by atoms with Crippen LogP contribution in [0, 0.1) is 5.82 Å². The van der Waals surface area contributed by atoms with Crippen molar-refractivity contribution in [3.8, 4) is 5.75 Å². The van der Waals surface area contributed by atoms with Crippen molar-refractivity contribution in [3.63, 3.8) is 0 Å². The molecule has 2 aliphatic rings. The molecular formula is C21H22FN3O2. The molecule has 4 rings (SSSR count). The Kier molecular flexibility index (Phi) is 4.81. The smallest absolute Gasteiger partial charge is 0.251 e. The number of ether oxygens (including phenoxy) is 1. The first-order valence-corrected chi connectivity index (χ1v) is 9.14. The van der Waals surface area contributed by atoms with E-state index in [1.54, 1.807) is 23.2 Å². The maximum absolute atomic E-state index is 13.1. The van der Waals surface area contributed by atoms with Gasteiger partial charge in [0.05, 0.1) is 19.2 Å². The zero-order valence-corrected chi connectivity index (χ0v) is 15.1. The van der Waals surface area contributed by atoms with Crippen molar-refractivity contribution in [2.45, 2.75) is 32.0 Å². The van der Waals surface area contributed by atoms with Gasteiger partial charge < -0.3 is 14.6 Å². The number of hydrogen-bond donors (Lipinski definition) is 1. The summed E-state index contributed by atoms with van der Waals surface area (Å²) in [6.07, 6.45) is 4.36. The molecule has 2 unspecified atom stereocenters. The molecule has 1 amide bonds. The van der Waals surface area contributed by atoms with Crippen molar-refractivity contribution in [2.24, 2.45) is 0 Å². The lowest BCUT2D eigenvalue weighted by Crippen LogP contribution is -2.47. The number of amides is 1. The highest BCUT2D eigenvalue weighted by Crippen LogP contribution is 2.32. The van der Waals surface area contributed by atoms with Gasteiger partial charge in [0.2, 0.25) is 0 Å². The molecule has 1 fully saturated rings. The molecule has 0 bridgehead atoms. The van der Waals surface area contributed by atoms with E-state index in [9.17, 15) is 9.18 Å². The van der Waals surface area contributed by atoms with Crippen LogP contribution in [-0.4, -0.2) is 28.5 Å². The van der Waals surface area contributed by atoms with Gasteiger partial charge in [0, 0.05) is 12.4 Å². The van der Waals surface area contributed by atoms with Gasteiger partial charge in [-0.2, -0.15) is 0 Å². The number of carbonyl (C=O) groups is 1. The molecule has 0 saturated carbocycles. The highest BCUT2D eigenvalue weighted by molar-refractivity contribution is 5.84. The molecule has 2 aromatic carbocycles. The second-order valence-corrected chi connectivity index (χ2v) is 6.73. The summed E-state index contributed by atoms with van der Waals surface area (Å²) in [6, 6.07) is 14.1. The molecule has 2 aromatic rings. The Bertz CT molecular complexity index is 836. The normalized spacial score (nSPS) is 21.5. The van der Waals surface area contributed by atoms with E-state index in [2.05, 4.69) is 5.43 Å². The van der Waals surface area contributed by atoms with E-state index in [0.29, 0.717) is 19.6 Å². The molecule has 1 saturated heterocycles. The molecular weight excluding hydrogens is 345 g/mol. The second kappa shape index (κ2) is 7.40. The number of benzene rings is 2. The Morgan fingerprint density at radius 3 is 2.56 bits per heavy atom. The SMILES string of the molecule is CCOc1ccc(C2CC3C(=O)N(Cc4ccc(F)cc4)C=CN3N2)cc1. The third-order valence-corrected chi connectivity index (χ3v) is 4.93. The number of hydrogen-bond acceptors (Lipinski definition) is 4. The Morgan fingerprint density at radius 2 is 1.85 bits per heavy atom. The Labute approximate surface area is 158 Å². The summed E-state index contributed by atoms with van der Waals surface area (Å²) in [4.78, 5) is 14.6. The van der Waals surface area contributed by atoms with E-state index in [1.807, 2.05) is 42.4 Å². The second-order valence-electron chi connectivity index (χ2n) is 6.73. The van der Waals surface area contributed by atoms with Gasteiger partial charge in [0.25, 0.3) is 5.91 Å². The van der Waals surface area contributed by atoms with E-state index in [-0.39, 0.29) is 23.8 Å². The van der Waals surface area contributed by atoms with Gasteiger partial charge in [0.15, 0.2) is 0 Å². The van der Waals surface area contributed by atoms with Crippen molar-refractivity contribution < 1.29 is 13.9 Å². The number of hydrazine groups is 1. The Balaban J connectivity index is 1.44. The first-order valence-electron chi connectivity index (χ1n) is 9.14. The number of carbonyl (C=O) groups excluding carboxylic acids is 1. The minimum absolute atomic E-state index is 0.0442. The molecule has 2 aliphatic heterocycles. The van der Waals surface area contributed by atoms with Crippen molar-refractivity contribution >= 4 is 5.91 Å². The average molecular weight is 367 g/mol. The third-order valence-electron chi connectivity index (χ3n) is 4.93. The van der Waals surface area contributed by atoms with Gasteiger partial charge >= 0.3 is 0 Å². The van der Waals surface area contributed by atoms with E-state index in [4.69, 9.17) is 4.74 Å². The first-order chi connectivity index (χ1) is 13.1. The van der Waals surface area contributed by atoms with E-state index in [1.165, 1.54) is 12.1 Å². The lowest BCUT2D eigenvalue weighted by atomic mass is 10.0. The molecule has 140 valence electrons. The van der Waals surface area contributed by atoms with E-state index >= 15 is 0 Å². The predicted octanol–water partition coefficient (Wildman–Crippen LogP) is 3.36. The number of nitrogens with one attached hydrogen (secondary N) is 1. The van der Waals surface area contributed by atoms with E-state index in [0.717, 1.165) is 16.9 Å². The lowest BCUT2D eigenvalue weighted by Gasteiger charge is -2.31. The minimum atomic E-state index is -0.274. The summed E-state index contributed by atoms with van der Waals surface area (Å²) in [5.74, 6) is 0.616. The monoisotopic (exact) mass is 367 g/mol. The fourth-order valence-electron chi connectivity index (χ4n) is 3.53. The van der Waals surface area contributed by atoms with Crippen LogP contribution < -0.4 is 10.2 Å². The van der Waals surface area contributed by atoms with Crippen LogP contribution in [-0.2, 0) is 11.3 Å². The molecule has 0 spiro atoms. The molecule has 27 heavy (non-hydrogen) atoms. The van der Waals surface area contributed by atoms with Crippen molar-refractivity contribution in [1.82, 2.24) is 15.3 Å². The van der Waals surface area contributed by atoms with Crippen LogP contribution in [0.1, 0.15) is 30.5 Å². The summed E-state index contributed by atoms with van der Waals surface area (Å²) in [5, 5.41) is 1.88. The van der Waals surface area contributed by atoms with Crippen LogP contribution in [0.15, 0.2) is 60.9 Å². The fourth-order valence-corrected chi connectivity index (χ4v) is 3.53. The van der Waals surface area contributed by atoms with Crippen LogP contribution in [0.3, 0.4) is 0 Å². The largest absolute Gasteiger partial charge is 0.494 e. The van der Waals surface area contributed by atoms with Gasteiger partial charge in [-0.3, -0.25) is 4.79 Å². The number of fused-ring (bicyclic) bond motifs is 1. The van der Waals surface area contributed by atoms with Crippen molar-refractivity contribution in [1.29, 1.82) is 0 Å². The Morgan fingerprint density at radius 1 is 1.11 bits per heavy atom. The van der Waals surface area contributed by atoms with Crippen LogP contribution in [0.5, 0.6) is 5.75 Å². The molecule has 0 aromatic heterocycles. The molecule has 0 radical (unpaired) electrons. The van der Waals surface area contributed by atoms with Crippen molar-refractivity contribution in [2.75, 3.05) is 6.61 Å². The molecule has 1 N–H and O–H groups in total. The zero-order chi connectivity index (χ0) is 18.8. The standard InChI is InChI=1S/C21H22FN3O2/c1-2-27-18-9-5-16(6-10-18)19-13-20-21(26)24(11-12-25(20)23-19)14-15-3-7-17(22)8-4-15/h3-12,19-20,23H,2,13-14H2,1H3. The summed E-state index contributed by atoms with van der Waals surface area (Å²) >= 11 is 0. The summed E-state index contributed by atoms with van der Waals surface area (Å²) in [6.45, 7) is 3.04. The summed E-state index contributed by atoms with van der Waals surface area (Å²) in [5.41, 5.74) is 5.42. The fraction of sp³-hybridized carbons (Fsp3) is 0.286.